The maximum atomic E-state index is 12.8. The molecule has 378 valence electrons. The monoisotopic (exact) mass is 917 g/mol. The van der Waals surface area contributed by atoms with Crippen molar-refractivity contribution in [3.63, 3.8) is 0 Å². The minimum atomic E-state index is -0.563. The maximum Gasteiger partial charge on any atom is 0.306 e. The van der Waals surface area contributed by atoms with Crippen molar-refractivity contribution >= 4 is 11.9 Å². The first kappa shape index (κ1) is 62.8. The molecule has 0 aliphatic rings. The van der Waals surface area contributed by atoms with E-state index in [9.17, 15) is 9.59 Å². The third kappa shape index (κ3) is 53.4. The summed E-state index contributed by atoms with van der Waals surface area (Å²) in [6, 6.07) is 0. The fourth-order valence-electron chi connectivity index (χ4n) is 7.55. The van der Waals surface area contributed by atoms with E-state index in [1.807, 2.05) is 0 Å². The summed E-state index contributed by atoms with van der Waals surface area (Å²) in [4.78, 5) is 25.5. The van der Waals surface area contributed by atoms with Crippen molar-refractivity contribution in [2.24, 2.45) is 0 Å². The SMILES string of the molecule is CC/C=C\C/C=C\C/C=C\C/C=C\CCCCCCC(=O)OC[C@@H](COCCCCCCCCCCCCCCCCCC)OC(=O)CCCCCC/C=C\C/C=C\C/C=C\C/C=C\CC. The summed E-state index contributed by atoms with van der Waals surface area (Å²) >= 11 is 0. The minimum Gasteiger partial charge on any atom is -0.462 e. The van der Waals surface area contributed by atoms with E-state index in [0.29, 0.717) is 19.4 Å². The number of hydrogen-bond acceptors (Lipinski definition) is 5. The van der Waals surface area contributed by atoms with Crippen molar-refractivity contribution in [1.82, 2.24) is 0 Å². The molecule has 0 aliphatic heterocycles. The maximum absolute atomic E-state index is 12.8. The normalized spacial score (nSPS) is 13.0. The average molecular weight is 917 g/mol. The Balaban J connectivity index is 4.37. The van der Waals surface area contributed by atoms with Gasteiger partial charge in [0.25, 0.3) is 0 Å². The van der Waals surface area contributed by atoms with Crippen LogP contribution in [-0.2, 0) is 23.8 Å². The summed E-state index contributed by atoms with van der Waals surface area (Å²) < 4.78 is 17.4. The second kappa shape index (κ2) is 56.1. The Labute approximate surface area is 409 Å². The van der Waals surface area contributed by atoms with Crippen LogP contribution < -0.4 is 0 Å². The standard InChI is InChI=1S/C61H104O5/c1-4-7-10-13-16-19-22-25-28-31-33-36-39-42-45-48-51-54-60(62)65-58-59(57-64-56-53-50-47-44-41-38-35-30-27-24-21-18-15-12-9-6-3)66-61(63)55-52-49-46-43-40-37-34-32-29-26-23-20-17-14-11-8-5-2/h7-8,10-11,16-17,19-20,25-26,28-29,33-34,36-37,59H,4-6,9,12-15,18,21-24,27,30-32,35,38-58H2,1-3H3/b10-7-,11-8-,19-16-,20-17-,28-25-,29-26-,36-33-,37-34-/t59-/m1/s1. The highest BCUT2D eigenvalue weighted by Gasteiger charge is 2.17. The molecular weight excluding hydrogens is 813 g/mol. The van der Waals surface area contributed by atoms with Gasteiger partial charge < -0.3 is 14.2 Å². The summed E-state index contributed by atoms with van der Waals surface area (Å²) in [6.45, 7) is 7.57. The molecule has 5 heteroatoms. The van der Waals surface area contributed by atoms with Crippen molar-refractivity contribution in [2.75, 3.05) is 19.8 Å². The minimum absolute atomic E-state index is 0.0598. The van der Waals surface area contributed by atoms with Gasteiger partial charge in [0.05, 0.1) is 6.61 Å². The quantitative estimate of drug-likeness (QED) is 0.0346. The van der Waals surface area contributed by atoms with E-state index in [1.165, 1.54) is 89.9 Å². The van der Waals surface area contributed by atoms with Gasteiger partial charge in [0.2, 0.25) is 0 Å². The molecule has 0 heterocycles. The first-order valence-electron chi connectivity index (χ1n) is 27.8. The Hall–Kier alpha value is -3.18. The smallest absolute Gasteiger partial charge is 0.306 e. The first-order chi connectivity index (χ1) is 32.6. The number of rotatable bonds is 50. The van der Waals surface area contributed by atoms with E-state index >= 15 is 0 Å². The van der Waals surface area contributed by atoms with Crippen LogP contribution >= 0.6 is 0 Å². The van der Waals surface area contributed by atoms with E-state index in [2.05, 4.69) is 118 Å². The fourth-order valence-corrected chi connectivity index (χ4v) is 7.55. The fraction of sp³-hybridized carbons (Fsp3) is 0.705. The number of carbonyl (C=O) groups excluding carboxylic acids is 2. The van der Waals surface area contributed by atoms with Crippen molar-refractivity contribution in [3.8, 4) is 0 Å². The van der Waals surface area contributed by atoms with E-state index in [-0.39, 0.29) is 25.2 Å². The van der Waals surface area contributed by atoms with Crippen LogP contribution in [0.5, 0.6) is 0 Å². The molecule has 0 saturated carbocycles. The Morgan fingerprint density at radius 1 is 0.348 bits per heavy atom. The van der Waals surface area contributed by atoms with Crippen LogP contribution in [0.4, 0.5) is 0 Å². The van der Waals surface area contributed by atoms with Crippen LogP contribution in [-0.4, -0.2) is 37.9 Å². The Bertz CT molecular complexity index is 1270. The second-order valence-corrected chi connectivity index (χ2v) is 18.1. The summed E-state index contributed by atoms with van der Waals surface area (Å²) in [6.07, 6.45) is 75.6. The van der Waals surface area contributed by atoms with Crippen molar-refractivity contribution in [2.45, 2.75) is 258 Å². The van der Waals surface area contributed by atoms with Crippen molar-refractivity contribution in [1.29, 1.82) is 0 Å². The molecule has 0 spiro atoms. The van der Waals surface area contributed by atoms with Gasteiger partial charge >= 0.3 is 11.9 Å². The number of carbonyl (C=O) groups is 2. The zero-order valence-electron chi connectivity index (χ0n) is 43.4. The molecule has 0 unspecified atom stereocenters. The number of hydrogen-bond donors (Lipinski definition) is 0. The molecule has 0 aliphatic carbocycles. The topological polar surface area (TPSA) is 61.8 Å². The number of allylic oxidation sites excluding steroid dienone is 16. The largest absolute Gasteiger partial charge is 0.462 e. The van der Waals surface area contributed by atoms with E-state index < -0.39 is 6.10 Å². The highest BCUT2D eigenvalue weighted by atomic mass is 16.6. The Kier molecular flexibility index (Phi) is 53.4. The van der Waals surface area contributed by atoms with Gasteiger partial charge in [-0.3, -0.25) is 9.59 Å². The highest BCUT2D eigenvalue weighted by molar-refractivity contribution is 5.70. The molecule has 0 N–H and O–H groups in total. The van der Waals surface area contributed by atoms with Crippen LogP contribution in [0.3, 0.4) is 0 Å². The van der Waals surface area contributed by atoms with E-state index in [4.69, 9.17) is 14.2 Å². The zero-order chi connectivity index (χ0) is 47.7. The lowest BCUT2D eigenvalue weighted by Crippen LogP contribution is -2.30. The van der Waals surface area contributed by atoms with Gasteiger partial charge in [-0.05, 0) is 96.3 Å². The predicted molar refractivity (Wildman–Crippen MR) is 288 cm³/mol. The van der Waals surface area contributed by atoms with Gasteiger partial charge in [-0.1, -0.05) is 240 Å². The lowest BCUT2D eigenvalue weighted by atomic mass is 10.0. The van der Waals surface area contributed by atoms with Crippen LogP contribution in [0.1, 0.15) is 252 Å². The molecule has 0 aromatic carbocycles. The van der Waals surface area contributed by atoms with Crippen molar-refractivity contribution < 1.29 is 23.8 Å². The average Bonchev–Trinajstić information content (AvgIpc) is 3.32. The number of esters is 2. The van der Waals surface area contributed by atoms with Crippen LogP contribution in [0.15, 0.2) is 97.2 Å². The molecule has 0 aromatic heterocycles. The third-order valence-corrected chi connectivity index (χ3v) is 11.6. The summed E-state index contributed by atoms with van der Waals surface area (Å²) in [5.41, 5.74) is 0. The Morgan fingerprint density at radius 2 is 0.682 bits per heavy atom. The molecule has 5 nitrogen and oxygen atoms in total. The van der Waals surface area contributed by atoms with Gasteiger partial charge in [-0.15, -0.1) is 0 Å². The zero-order valence-corrected chi connectivity index (χ0v) is 43.4. The van der Waals surface area contributed by atoms with Gasteiger partial charge in [-0.2, -0.15) is 0 Å². The molecule has 0 amide bonds. The Morgan fingerprint density at radius 3 is 1.09 bits per heavy atom. The summed E-state index contributed by atoms with van der Waals surface area (Å²) in [7, 11) is 0. The highest BCUT2D eigenvalue weighted by Crippen LogP contribution is 2.15. The lowest BCUT2D eigenvalue weighted by molar-refractivity contribution is -0.163. The summed E-state index contributed by atoms with van der Waals surface area (Å²) in [5.74, 6) is -0.449. The van der Waals surface area contributed by atoms with Gasteiger partial charge in [0, 0.05) is 19.4 Å². The van der Waals surface area contributed by atoms with Crippen LogP contribution in [0.25, 0.3) is 0 Å². The van der Waals surface area contributed by atoms with Crippen LogP contribution in [0, 0.1) is 0 Å². The molecule has 66 heavy (non-hydrogen) atoms. The molecular formula is C61H104O5. The van der Waals surface area contributed by atoms with E-state index in [1.54, 1.807) is 0 Å². The molecule has 0 saturated heterocycles. The second-order valence-electron chi connectivity index (χ2n) is 18.1. The third-order valence-electron chi connectivity index (χ3n) is 11.6. The van der Waals surface area contributed by atoms with Crippen molar-refractivity contribution in [3.05, 3.63) is 97.2 Å². The van der Waals surface area contributed by atoms with Gasteiger partial charge in [-0.25, -0.2) is 0 Å². The van der Waals surface area contributed by atoms with Gasteiger partial charge in [0.1, 0.15) is 6.61 Å². The molecule has 1 atom stereocenters. The molecule has 0 radical (unpaired) electrons. The number of unbranched alkanes of at least 4 members (excludes halogenated alkanes) is 23. The molecule has 0 aromatic rings. The van der Waals surface area contributed by atoms with E-state index in [0.717, 1.165) is 128 Å². The first-order valence-corrected chi connectivity index (χ1v) is 27.8. The lowest BCUT2D eigenvalue weighted by Gasteiger charge is -2.18. The van der Waals surface area contributed by atoms with Crippen LogP contribution in [0.2, 0.25) is 0 Å². The molecule has 0 fully saturated rings. The summed E-state index contributed by atoms with van der Waals surface area (Å²) in [5, 5.41) is 0. The van der Waals surface area contributed by atoms with Gasteiger partial charge in [0.15, 0.2) is 6.10 Å². The predicted octanol–water partition coefficient (Wildman–Crippen LogP) is 19.0. The molecule has 0 bridgehead atoms. The molecule has 0 rings (SSSR count). The number of ether oxygens (including phenoxy) is 3.